The molecule has 0 bridgehead atoms. The highest BCUT2D eigenvalue weighted by atomic mass is 31.1. The third-order valence-electron chi connectivity index (χ3n) is 2.13. The van der Waals surface area contributed by atoms with Gasteiger partial charge in [0.25, 0.3) is 0 Å². The highest BCUT2D eigenvalue weighted by Gasteiger charge is 2.29. The van der Waals surface area contributed by atoms with Crippen LogP contribution in [0.4, 0.5) is 0 Å². The largest absolute Gasteiger partial charge is 0.394 e. The molecule has 0 aliphatic carbocycles. The van der Waals surface area contributed by atoms with Gasteiger partial charge in [-0.3, -0.25) is 0 Å². The minimum Gasteiger partial charge on any atom is -0.394 e. The summed E-state index contributed by atoms with van der Waals surface area (Å²) in [5.41, 5.74) is 0. The van der Waals surface area contributed by atoms with E-state index in [9.17, 15) is 4.57 Å². The molecule has 6 heteroatoms. The quantitative estimate of drug-likeness (QED) is 0.398. The lowest BCUT2D eigenvalue weighted by Gasteiger charge is -2.32. The number of hydrogen-bond donors (Lipinski definition) is 3. The minimum atomic E-state index is -2.09. The standard InChI is InChI=1S/C8H21NO4P/c1-9(2,3)8(5-11)14(13)6-7(12)4-10/h7-8,10-12,14H,4-6H2,1-3H3/q+1. The van der Waals surface area contributed by atoms with Crippen molar-refractivity contribution in [3.63, 3.8) is 0 Å². The van der Waals surface area contributed by atoms with Crippen molar-refractivity contribution in [2.45, 2.75) is 11.9 Å². The van der Waals surface area contributed by atoms with Crippen LogP contribution in [-0.2, 0) is 4.57 Å². The zero-order valence-corrected chi connectivity index (χ0v) is 9.97. The Hall–Kier alpha value is 0.0700. The van der Waals surface area contributed by atoms with Crippen LogP contribution in [0.3, 0.4) is 0 Å². The van der Waals surface area contributed by atoms with Gasteiger partial charge in [0.15, 0.2) is 5.78 Å². The second-order valence-corrected chi connectivity index (χ2v) is 6.33. The molecule has 0 heterocycles. The van der Waals surface area contributed by atoms with Gasteiger partial charge in [-0.05, 0) is 0 Å². The van der Waals surface area contributed by atoms with Crippen LogP contribution < -0.4 is 0 Å². The number of nitrogens with zero attached hydrogens (tertiary/aromatic N) is 1. The van der Waals surface area contributed by atoms with E-state index in [0.29, 0.717) is 4.48 Å². The lowest BCUT2D eigenvalue weighted by atomic mass is 10.4. The third-order valence-corrected chi connectivity index (χ3v) is 4.70. The molecular weight excluding hydrogens is 205 g/mol. The maximum absolute atomic E-state index is 11.7. The van der Waals surface area contributed by atoms with Crippen molar-refractivity contribution in [1.82, 2.24) is 0 Å². The van der Waals surface area contributed by atoms with Gasteiger partial charge in [0.05, 0.1) is 33.9 Å². The van der Waals surface area contributed by atoms with Crippen LogP contribution in [0.1, 0.15) is 0 Å². The van der Waals surface area contributed by atoms with Crippen molar-refractivity contribution in [3.05, 3.63) is 0 Å². The Morgan fingerprint density at radius 1 is 1.21 bits per heavy atom. The summed E-state index contributed by atoms with van der Waals surface area (Å²) in [7, 11) is 3.44. The Morgan fingerprint density at radius 3 is 2.00 bits per heavy atom. The van der Waals surface area contributed by atoms with Gasteiger partial charge in [-0.25, -0.2) is 0 Å². The molecule has 0 aromatic heterocycles. The molecule has 0 saturated carbocycles. The molecule has 0 fully saturated rings. The van der Waals surface area contributed by atoms with E-state index in [1.54, 1.807) is 0 Å². The molecule has 0 aromatic rings. The van der Waals surface area contributed by atoms with E-state index in [0.717, 1.165) is 0 Å². The van der Waals surface area contributed by atoms with Gasteiger partial charge in [0, 0.05) is 6.16 Å². The maximum atomic E-state index is 11.7. The van der Waals surface area contributed by atoms with E-state index in [-0.39, 0.29) is 25.2 Å². The summed E-state index contributed by atoms with van der Waals surface area (Å²) in [6.07, 6.45) is -0.871. The van der Waals surface area contributed by atoms with Gasteiger partial charge in [-0.2, -0.15) is 0 Å². The van der Waals surface area contributed by atoms with Crippen LogP contribution in [0.25, 0.3) is 0 Å². The summed E-state index contributed by atoms with van der Waals surface area (Å²) in [5, 5.41) is 26.8. The molecule has 0 spiro atoms. The van der Waals surface area contributed by atoms with E-state index in [4.69, 9.17) is 15.3 Å². The van der Waals surface area contributed by atoms with E-state index in [2.05, 4.69) is 0 Å². The summed E-state index contributed by atoms with van der Waals surface area (Å²) in [4.78, 5) is 0. The van der Waals surface area contributed by atoms with Crippen LogP contribution in [0, 0.1) is 0 Å². The molecule has 3 N–H and O–H groups in total. The number of likely N-dealkylation sites (N-methyl/N-ethyl adjacent to an activating group) is 1. The van der Waals surface area contributed by atoms with Crippen molar-refractivity contribution in [2.75, 3.05) is 40.5 Å². The predicted octanol–water partition coefficient (Wildman–Crippen LogP) is -1.08. The number of hydrogen-bond acceptors (Lipinski definition) is 4. The lowest BCUT2D eigenvalue weighted by molar-refractivity contribution is -0.882. The van der Waals surface area contributed by atoms with Crippen LogP contribution in [0.5, 0.6) is 0 Å². The Labute approximate surface area is 85.4 Å². The van der Waals surface area contributed by atoms with Gasteiger partial charge < -0.3 is 24.4 Å². The molecular formula is C8H21NO4P+. The number of aliphatic hydroxyl groups excluding tert-OH is 3. The zero-order chi connectivity index (χ0) is 11.4. The van der Waals surface area contributed by atoms with Crippen molar-refractivity contribution in [3.8, 4) is 0 Å². The summed E-state index contributed by atoms with van der Waals surface area (Å²) >= 11 is 0. The fourth-order valence-electron chi connectivity index (χ4n) is 1.21. The second-order valence-electron chi connectivity index (χ2n) is 4.32. The molecule has 5 nitrogen and oxygen atoms in total. The van der Waals surface area contributed by atoms with Gasteiger partial charge in [-0.15, -0.1) is 0 Å². The molecule has 0 aliphatic heterocycles. The van der Waals surface area contributed by atoms with Gasteiger partial charge >= 0.3 is 0 Å². The summed E-state index contributed by atoms with van der Waals surface area (Å²) < 4.78 is 12.1. The predicted molar refractivity (Wildman–Crippen MR) is 55.9 cm³/mol. The number of aliphatic hydroxyl groups is 3. The van der Waals surface area contributed by atoms with Crippen LogP contribution in [-0.4, -0.2) is 72.2 Å². The van der Waals surface area contributed by atoms with E-state index in [1.807, 2.05) is 21.1 Å². The molecule has 0 radical (unpaired) electrons. The first-order valence-electron chi connectivity index (χ1n) is 4.56. The van der Waals surface area contributed by atoms with Gasteiger partial charge in [0.2, 0.25) is 0 Å². The average molecular weight is 226 g/mol. The highest BCUT2D eigenvalue weighted by Crippen LogP contribution is 2.32. The van der Waals surface area contributed by atoms with E-state index < -0.39 is 13.9 Å². The molecule has 0 aliphatic rings. The first kappa shape index (κ1) is 14.1. The summed E-state index contributed by atoms with van der Waals surface area (Å²) in [6, 6.07) is 0. The molecule has 3 atom stereocenters. The molecule has 14 heavy (non-hydrogen) atoms. The fourth-order valence-corrected chi connectivity index (χ4v) is 3.14. The molecule has 86 valence electrons. The SMILES string of the molecule is C[N+](C)(C)C(CO)[PH](=O)CC(O)CO. The maximum Gasteiger partial charge on any atom is 0.161 e. The first-order chi connectivity index (χ1) is 6.32. The summed E-state index contributed by atoms with van der Waals surface area (Å²) in [5.74, 6) is -0.360. The fraction of sp³-hybridized carbons (Fsp3) is 1.00. The molecule has 0 amide bonds. The minimum absolute atomic E-state index is 0.0713. The number of rotatable bonds is 6. The van der Waals surface area contributed by atoms with Crippen LogP contribution >= 0.6 is 7.80 Å². The van der Waals surface area contributed by atoms with Crippen molar-refractivity contribution in [2.24, 2.45) is 0 Å². The van der Waals surface area contributed by atoms with Gasteiger partial charge in [-0.1, -0.05) is 0 Å². The van der Waals surface area contributed by atoms with E-state index >= 15 is 0 Å². The van der Waals surface area contributed by atoms with Crippen molar-refractivity contribution in [1.29, 1.82) is 0 Å². The molecule has 0 aromatic carbocycles. The second kappa shape index (κ2) is 5.83. The van der Waals surface area contributed by atoms with E-state index in [1.165, 1.54) is 0 Å². The zero-order valence-electron chi connectivity index (χ0n) is 8.97. The monoisotopic (exact) mass is 226 g/mol. The Morgan fingerprint density at radius 2 is 1.71 bits per heavy atom. The van der Waals surface area contributed by atoms with Gasteiger partial charge in [0.1, 0.15) is 14.4 Å². The lowest BCUT2D eigenvalue weighted by Crippen LogP contribution is -2.45. The topological polar surface area (TPSA) is 77.8 Å². The molecule has 0 saturated heterocycles. The van der Waals surface area contributed by atoms with Crippen molar-refractivity contribution >= 4 is 7.80 Å². The normalized spacial score (nSPS) is 19.0. The molecule has 3 unspecified atom stereocenters. The Balaban J connectivity index is 4.33. The van der Waals surface area contributed by atoms with Crippen molar-refractivity contribution < 1.29 is 24.4 Å². The number of quaternary nitrogens is 1. The Bertz CT molecular complexity index is 192. The summed E-state index contributed by atoms with van der Waals surface area (Å²) in [6.45, 7) is -0.550. The molecule has 0 rings (SSSR count). The van der Waals surface area contributed by atoms with Crippen LogP contribution in [0.2, 0.25) is 0 Å². The smallest absolute Gasteiger partial charge is 0.161 e. The van der Waals surface area contributed by atoms with Crippen LogP contribution in [0.15, 0.2) is 0 Å². The first-order valence-corrected chi connectivity index (χ1v) is 6.25. The Kier molecular flexibility index (Phi) is 5.86. The third kappa shape index (κ3) is 4.53. The average Bonchev–Trinajstić information content (AvgIpc) is 2.02. The highest BCUT2D eigenvalue weighted by molar-refractivity contribution is 7.45.